The highest BCUT2D eigenvalue weighted by atomic mass is 32.2. The van der Waals surface area contributed by atoms with Gasteiger partial charge in [-0.15, -0.1) is 0 Å². The summed E-state index contributed by atoms with van der Waals surface area (Å²) in [5.41, 5.74) is 2.99. The van der Waals surface area contributed by atoms with Crippen molar-refractivity contribution in [3.8, 4) is 0 Å². The zero-order valence-corrected chi connectivity index (χ0v) is 17.3. The maximum atomic E-state index is 12.7. The van der Waals surface area contributed by atoms with Crippen LogP contribution in [0, 0.1) is 0 Å². The van der Waals surface area contributed by atoms with Gasteiger partial charge < -0.3 is 9.80 Å². The molecule has 0 saturated carbocycles. The Morgan fingerprint density at radius 3 is 2.32 bits per heavy atom. The van der Waals surface area contributed by atoms with Crippen LogP contribution in [0.1, 0.15) is 37.7 Å². The molecular weight excluding hydrogens is 370 g/mol. The van der Waals surface area contributed by atoms with Crippen molar-refractivity contribution in [1.82, 2.24) is 4.90 Å². The van der Waals surface area contributed by atoms with Gasteiger partial charge in [0, 0.05) is 31.0 Å². The second-order valence-electron chi connectivity index (χ2n) is 7.85. The summed E-state index contributed by atoms with van der Waals surface area (Å²) in [7, 11) is -3.57. The standard InChI is InChI=1S/C22H29N3O2S/c1-2-13-24-16-12-19(17-24)18-4-6-20(7-5-18)23-28(26,27)22-10-8-21(9-11-22)25-14-3-15-25/h4-11,19,23H,2-3,12-17H2,1H3/t19-/m1/s1. The monoisotopic (exact) mass is 399 g/mol. The molecule has 0 spiro atoms. The minimum atomic E-state index is -3.57. The summed E-state index contributed by atoms with van der Waals surface area (Å²) < 4.78 is 28.1. The van der Waals surface area contributed by atoms with Crippen LogP contribution in [0.3, 0.4) is 0 Å². The molecule has 150 valence electrons. The minimum absolute atomic E-state index is 0.298. The molecule has 0 unspecified atom stereocenters. The fourth-order valence-electron chi connectivity index (χ4n) is 4.07. The molecule has 5 nitrogen and oxygen atoms in total. The Labute approximate surface area is 168 Å². The van der Waals surface area contributed by atoms with Gasteiger partial charge in [-0.25, -0.2) is 8.42 Å². The number of nitrogens with one attached hydrogen (secondary N) is 1. The average molecular weight is 400 g/mol. The Bertz CT molecular complexity index is 890. The smallest absolute Gasteiger partial charge is 0.261 e. The van der Waals surface area contributed by atoms with Crippen LogP contribution in [0.5, 0.6) is 0 Å². The summed E-state index contributed by atoms with van der Waals surface area (Å²) in [5.74, 6) is 0.547. The van der Waals surface area contributed by atoms with E-state index in [2.05, 4.69) is 33.6 Å². The number of hydrogen-bond acceptors (Lipinski definition) is 4. The summed E-state index contributed by atoms with van der Waals surface area (Å²) in [6.07, 6.45) is 3.57. The predicted molar refractivity (Wildman–Crippen MR) is 115 cm³/mol. The normalized spacial score (nSPS) is 20.2. The highest BCUT2D eigenvalue weighted by molar-refractivity contribution is 7.92. The first-order valence-electron chi connectivity index (χ1n) is 10.3. The molecule has 0 aliphatic carbocycles. The molecule has 4 rings (SSSR count). The lowest BCUT2D eigenvalue weighted by Crippen LogP contribution is -2.36. The number of likely N-dealkylation sites (tertiary alicyclic amines) is 1. The van der Waals surface area contributed by atoms with Crippen LogP contribution >= 0.6 is 0 Å². The van der Waals surface area contributed by atoms with Crippen molar-refractivity contribution in [3.63, 3.8) is 0 Å². The zero-order chi connectivity index (χ0) is 19.6. The quantitative estimate of drug-likeness (QED) is 0.767. The van der Waals surface area contributed by atoms with Gasteiger partial charge in [0.15, 0.2) is 0 Å². The van der Waals surface area contributed by atoms with Crippen molar-refractivity contribution in [3.05, 3.63) is 54.1 Å². The van der Waals surface area contributed by atoms with Gasteiger partial charge in [0.25, 0.3) is 10.0 Å². The molecule has 2 aliphatic rings. The SMILES string of the molecule is CCCN1CC[C@@H](c2ccc(NS(=O)(=O)c3ccc(N4CCC4)cc3)cc2)C1. The lowest BCUT2D eigenvalue weighted by molar-refractivity contribution is 0.335. The molecule has 0 radical (unpaired) electrons. The lowest BCUT2D eigenvalue weighted by Gasteiger charge is -2.33. The third-order valence-corrected chi connectivity index (χ3v) is 7.21. The molecule has 6 heteroatoms. The third-order valence-electron chi connectivity index (χ3n) is 5.81. The topological polar surface area (TPSA) is 52.7 Å². The molecule has 2 fully saturated rings. The van der Waals surface area contributed by atoms with E-state index in [1.165, 1.54) is 24.8 Å². The van der Waals surface area contributed by atoms with Crippen molar-refractivity contribution in [2.24, 2.45) is 0 Å². The lowest BCUT2D eigenvalue weighted by atomic mass is 9.98. The van der Waals surface area contributed by atoms with Crippen LogP contribution < -0.4 is 9.62 Å². The van der Waals surface area contributed by atoms with Crippen LogP contribution in [-0.4, -0.2) is 46.0 Å². The largest absolute Gasteiger partial charge is 0.371 e. The van der Waals surface area contributed by atoms with E-state index in [1.807, 2.05) is 24.3 Å². The summed E-state index contributed by atoms with van der Waals surface area (Å²) >= 11 is 0. The molecule has 2 heterocycles. The van der Waals surface area contributed by atoms with Gasteiger partial charge in [-0.2, -0.15) is 0 Å². The average Bonchev–Trinajstić information content (AvgIpc) is 3.10. The number of benzene rings is 2. The first kappa shape index (κ1) is 19.3. The second-order valence-corrected chi connectivity index (χ2v) is 9.53. The number of sulfonamides is 1. The molecule has 0 aromatic heterocycles. The van der Waals surface area contributed by atoms with Crippen LogP contribution in [0.15, 0.2) is 53.4 Å². The van der Waals surface area contributed by atoms with Gasteiger partial charge in [0.2, 0.25) is 0 Å². The Morgan fingerprint density at radius 1 is 1.00 bits per heavy atom. The summed E-state index contributed by atoms with van der Waals surface area (Å²) in [5, 5.41) is 0. The molecule has 2 aromatic carbocycles. The minimum Gasteiger partial charge on any atom is -0.371 e. The summed E-state index contributed by atoms with van der Waals surface area (Å²) in [6, 6.07) is 15.0. The highest BCUT2D eigenvalue weighted by Gasteiger charge is 2.23. The zero-order valence-electron chi connectivity index (χ0n) is 16.5. The summed E-state index contributed by atoms with van der Waals surface area (Å²) in [4.78, 5) is 5.05. The molecule has 0 bridgehead atoms. The number of nitrogens with zero attached hydrogens (tertiary/aromatic N) is 2. The van der Waals surface area contributed by atoms with E-state index in [4.69, 9.17) is 0 Å². The number of anilines is 2. The van der Waals surface area contributed by atoms with Gasteiger partial charge in [-0.05, 0) is 80.2 Å². The second kappa shape index (κ2) is 8.13. The van der Waals surface area contributed by atoms with Gasteiger partial charge in [0.1, 0.15) is 0 Å². The maximum Gasteiger partial charge on any atom is 0.261 e. The Hall–Kier alpha value is -2.05. The van der Waals surface area contributed by atoms with E-state index in [-0.39, 0.29) is 0 Å². The summed E-state index contributed by atoms with van der Waals surface area (Å²) in [6.45, 7) is 7.72. The van der Waals surface area contributed by atoms with E-state index in [1.54, 1.807) is 12.1 Å². The van der Waals surface area contributed by atoms with E-state index in [9.17, 15) is 8.42 Å². The van der Waals surface area contributed by atoms with Crippen LogP contribution in [0.25, 0.3) is 0 Å². The number of rotatable bonds is 7. The van der Waals surface area contributed by atoms with Gasteiger partial charge >= 0.3 is 0 Å². The van der Waals surface area contributed by atoms with Crippen molar-refractivity contribution in [1.29, 1.82) is 0 Å². The molecule has 28 heavy (non-hydrogen) atoms. The van der Waals surface area contributed by atoms with E-state index < -0.39 is 10.0 Å². The van der Waals surface area contributed by atoms with Gasteiger partial charge in [-0.1, -0.05) is 19.1 Å². The Kier molecular flexibility index (Phi) is 5.60. The van der Waals surface area contributed by atoms with Crippen LogP contribution in [0.4, 0.5) is 11.4 Å². The third kappa shape index (κ3) is 4.18. The molecular formula is C22H29N3O2S. The van der Waals surface area contributed by atoms with E-state index in [0.29, 0.717) is 16.5 Å². The fourth-order valence-corrected chi connectivity index (χ4v) is 5.13. The maximum absolute atomic E-state index is 12.7. The van der Waals surface area contributed by atoms with Crippen molar-refractivity contribution in [2.75, 3.05) is 42.3 Å². The van der Waals surface area contributed by atoms with Crippen molar-refractivity contribution in [2.45, 2.75) is 37.0 Å². The van der Waals surface area contributed by atoms with E-state index >= 15 is 0 Å². The Morgan fingerprint density at radius 2 is 1.71 bits per heavy atom. The van der Waals surface area contributed by atoms with E-state index in [0.717, 1.165) is 38.4 Å². The van der Waals surface area contributed by atoms with Crippen LogP contribution in [0.2, 0.25) is 0 Å². The molecule has 2 aliphatic heterocycles. The van der Waals surface area contributed by atoms with Crippen molar-refractivity contribution >= 4 is 21.4 Å². The van der Waals surface area contributed by atoms with Gasteiger partial charge in [0.05, 0.1) is 4.90 Å². The first-order chi connectivity index (χ1) is 13.5. The predicted octanol–water partition coefficient (Wildman–Crippen LogP) is 3.90. The molecule has 1 N–H and O–H groups in total. The fraction of sp³-hybridized carbons (Fsp3) is 0.455. The molecule has 0 amide bonds. The highest BCUT2D eigenvalue weighted by Crippen LogP contribution is 2.29. The van der Waals surface area contributed by atoms with Gasteiger partial charge in [-0.3, -0.25) is 4.72 Å². The van der Waals surface area contributed by atoms with Crippen molar-refractivity contribution < 1.29 is 8.42 Å². The molecule has 2 aromatic rings. The first-order valence-corrected chi connectivity index (χ1v) is 11.7. The molecule has 1 atom stereocenters. The molecule has 2 saturated heterocycles. The van der Waals surface area contributed by atoms with Crippen LogP contribution in [-0.2, 0) is 10.0 Å². The Balaban J connectivity index is 1.40. The number of hydrogen-bond donors (Lipinski definition) is 1.